The van der Waals surface area contributed by atoms with Crippen molar-refractivity contribution in [3.8, 4) is 0 Å². The van der Waals surface area contributed by atoms with Crippen molar-refractivity contribution in [1.29, 1.82) is 0 Å². The molecule has 0 aliphatic carbocycles. The second kappa shape index (κ2) is 8.37. The molecule has 148 valence electrons. The zero-order valence-corrected chi connectivity index (χ0v) is 16.5. The van der Waals surface area contributed by atoms with Crippen molar-refractivity contribution in [3.05, 3.63) is 33.9 Å². The molecule has 0 saturated carbocycles. The second-order valence-electron chi connectivity index (χ2n) is 7.59. The fraction of sp³-hybridized carbons (Fsp3) is 0.579. The average molecular weight is 377 g/mol. The van der Waals surface area contributed by atoms with Crippen LogP contribution in [-0.4, -0.2) is 55.0 Å². The molecule has 1 aliphatic rings. The molecule has 1 aromatic rings. The predicted molar refractivity (Wildman–Crippen MR) is 102 cm³/mol. The Hall–Kier alpha value is -2.64. The number of rotatable bonds is 5. The van der Waals surface area contributed by atoms with E-state index in [0.717, 1.165) is 19.5 Å². The summed E-state index contributed by atoms with van der Waals surface area (Å²) in [4.78, 5) is 38.6. The molecular weight excluding hydrogens is 350 g/mol. The number of esters is 1. The van der Waals surface area contributed by atoms with Crippen LogP contribution in [0.15, 0.2) is 18.2 Å². The average Bonchev–Trinajstić information content (AvgIpc) is 2.59. The van der Waals surface area contributed by atoms with Gasteiger partial charge in [-0.2, -0.15) is 0 Å². The molecule has 0 aromatic heterocycles. The predicted octanol–water partition coefficient (Wildman–Crippen LogP) is 2.71. The summed E-state index contributed by atoms with van der Waals surface area (Å²) >= 11 is 0. The van der Waals surface area contributed by atoms with Crippen molar-refractivity contribution in [2.24, 2.45) is 11.8 Å². The Balaban J connectivity index is 2.26. The maximum atomic E-state index is 12.3. The van der Waals surface area contributed by atoms with Gasteiger partial charge in [0.05, 0.1) is 10.5 Å². The first-order valence-electron chi connectivity index (χ1n) is 9.05. The van der Waals surface area contributed by atoms with Crippen molar-refractivity contribution in [3.63, 3.8) is 0 Å². The monoisotopic (exact) mass is 377 g/mol. The summed E-state index contributed by atoms with van der Waals surface area (Å²) < 4.78 is 5.15. The summed E-state index contributed by atoms with van der Waals surface area (Å²) in [5.74, 6) is -0.231. The molecule has 1 aliphatic heterocycles. The topological polar surface area (TPSA) is 93.0 Å². The molecule has 0 bridgehead atoms. The quantitative estimate of drug-likeness (QED) is 0.445. The van der Waals surface area contributed by atoms with Crippen LogP contribution in [0.4, 0.5) is 11.4 Å². The number of hydrogen-bond donors (Lipinski definition) is 0. The number of hydrogen-bond acceptors (Lipinski definition) is 6. The van der Waals surface area contributed by atoms with Gasteiger partial charge in [0, 0.05) is 33.3 Å². The summed E-state index contributed by atoms with van der Waals surface area (Å²) in [5, 5.41) is 11.6. The smallest absolute Gasteiger partial charge is 0.339 e. The number of benzene rings is 1. The van der Waals surface area contributed by atoms with E-state index < -0.39 is 17.0 Å². The van der Waals surface area contributed by atoms with Crippen molar-refractivity contribution in [1.82, 2.24) is 4.90 Å². The number of anilines is 1. The maximum absolute atomic E-state index is 12.3. The van der Waals surface area contributed by atoms with Crippen LogP contribution in [-0.2, 0) is 9.53 Å². The van der Waals surface area contributed by atoms with Gasteiger partial charge in [0.2, 0.25) is 0 Å². The van der Waals surface area contributed by atoms with Gasteiger partial charge in [-0.15, -0.1) is 0 Å². The van der Waals surface area contributed by atoms with Crippen molar-refractivity contribution < 1.29 is 19.2 Å². The number of likely N-dealkylation sites (N-methyl/N-ethyl adjacent to an activating group) is 1. The van der Waals surface area contributed by atoms with Crippen LogP contribution in [0, 0.1) is 22.0 Å². The van der Waals surface area contributed by atoms with E-state index >= 15 is 0 Å². The van der Waals surface area contributed by atoms with Gasteiger partial charge in [0.25, 0.3) is 11.6 Å². The number of amides is 1. The molecule has 1 aromatic carbocycles. The zero-order chi connectivity index (χ0) is 20.3. The first kappa shape index (κ1) is 20.7. The van der Waals surface area contributed by atoms with E-state index in [1.807, 2.05) is 4.90 Å². The Morgan fingerprint density at radius 1 is 1.26 bits per heavy atom. The van der Waals surface area contributed by atoms with E-state index in [-0.39, 0.29) is 17.2 Å². The molecule has 1 heterocycles. The minimum atomic E-state index is -0.963. The van der Waals surface area contributed by atoms with E-state index in [1.54, 1.807) is 20.2 Å². The number of carbonyl (C=O) groups excluding carboxylic acids is 2. The van der Waals surface area contributed by atoms with Crippen LogP contribution in [0.25, 0.3) is 0 Å². The summed E-state index contributed by atoms with van der Waals surface area (Å²) in [6.45, 7) is 7.21. The van der Waals surface area contributed by atoms with E-state index in [4.69, 9.17) is 4.74 Å². The normalized spacial score (nSPS) is 20.7. The van der Waals surface area contributed by atoms with E-state index in [9.17, 15) is 19.7 Å². The molecule has 0 unspecified atom stereocenters. The molecule has 1 saturated heterocycles. The van der Waals surface area contributed by atoms with Gasteiger partial charge >= 0.3 is 5.97 Å². The first-order chi connectivity index (χ1) is 12.6. The van der Waals surface area contributed by atoms with E-state index in [2.05, 4.69) is 13.8 Å². The Labute approximate surface area is 159 Å². The standard InChI is InChI=1S/C19H27N3O5/c1-12-8-13(2)11-21(10-12)16-7-6-15(9-17(16)22(25)26)19(24)27-14(3)18(23)20(4)5/h6-7,9,12-14H,8,10-11H2,1-5H3/t12-,13+,14-/m1/s1. The lowest BCUT2D eigenvalue weighted by atomic mass is 9.91. The lowest BCUT2D eigenvalue weighted by Gasteiger charge is -2.36. The van der Waals surface area contributed by atoms with Gasteiger partial charge in [0.1, 0.15) is 5.69 Å². The molecule has 0 spiro atoms. The largest absolute Gasteiger partial charge is 0.449 e. The van der Waals surface area contributed by atoms with E-state index in [1.165, 1.54) is 24.0 Å². The summed E-state index contributed by atoms with van der Waals surface area (Å²) in [6.07, 6.45) is 0.127. The number of nitro groups is 1. The summed E-state index contributed by atoms with van der Waals surface area (Å²) in [7, 11) is 3.12. The number of ether oxygens (including phenoxy) is 1. The molecule has 8 heteroatoms. The molecule has 0 N–H and O–H groups in total. The number of nitro benzene ring substituents is 1. The SMILES string of the molecule is C[C@@H]1C[C@H](C)CN(c2ccc(C(=O)O[C@H](C)C(=O)N(C)C)cc2[N+](=O)[O-])C1. The van der Waals surface area contributed by atoms with E-state index in [0.29, 0.717) is 17.5 Å². The lowest BCUT2D eigenvalue weighted by Crippen LogP contribution is -2.39. The highest BCUT2D eigenvalue weighted by atomic mass is 16.6. The Bertz CT molecular complexity index is 724. The maximum Gasteiger partial charge on any atom is 0.339 e. The summed E-state index contributed by atoms with van der Waals surface area (Å²) in [5.41, 5.74) is 0.437. The molecule has 3 atom stereocenters. The molecule has 8 nitrogen and oxygen atoms in total. The molecule has 1 amide bonds. The van der Waals surface area contributed by atoms with Gasteiger partial charge in [-0.1, -0.05) is 13.8 Å². The lowest BCUT2D eigenvalue weighted by molar-refractivity contribution is -0.384. The molecule has 1 fully saturated rings. The van der Waals surface area contributed by atoms with Gasteiger partial charge in [0.15, 0.2) is 6.10 Å². The van der Waals surface area contributed by atoms with Gasteiger partial charge in [-0.3, -0.25) is 14.9 Å². The Morgan fingerprint density at radius 3 is 2.37 bits per heavy atom. The minimum Gasteiger partial charge on any atom is -0.449 e. The highest BCUT2D eigenvalue weighted by Gasteiger charge is 2.29. The summed E-state index contributed by atoms with van der Waals surface area (Å²) in [6, 6.07) is 4.34. The third-order valence-corrected chi connectivity index (χ3v) is 4.69. The first-order valence-corrected chi connectivity index (χ1v) is 9.05. The molecule has 0 radical (unpaired) electrons. The highest BCUT2D eigenvalue weighted by molar-refractivity contribution is 5.93. The number of piperidine rings is 1. The van der Waals surface area contributed by atoms with Gasteiger partial charge in [-0.05, 0) is 37.3 Å². The van der Waals surface area contributed by atoms with Crippen molar-refractivity contribution >= 4 is 23.3 Å². The van der Waals surface area contributed by atoms with Crippen LogP contribution >= 0.6 is 0 Å². The fourth-order valence-electron chi connectivity index (χ4n) is 3.57. The third-order valence-electron chi connectivity index (χ3n) is 4.69. The number of nitrogens with zero attached hydrogens (tertiary/aromatic N) is 3. The van der Waals surface area contributed by atoms with Crippen LogP contribution in [0.3, 0.4) is 0 Å². The molecule has 2 rings (SSSR count). The van der Waals surface area contributed by atoms with Crippen LogP contribution in [0.1, 0.15) is 37.6 Å². The van der Waals surface area contributed by atoms with Gasteiger partial charge in [-0.25, -0.2) is 4.79 Å². The Kier molecular flexibility index (Phi) is 6.41. The molecule has 27 heavy (non-hydrogen) atoms. The van der Waals surface area contributed by atoms with Crippen molar-refractivity contribution in [2.75, 3.05) is 32.1 Å². The highest BCUT2D eigenvalue weighted by Crippen LogP contribution is 2.34. The van der Waals surface area contributed by atoms with Gasteiger partial charge < -0.3 is 14.5 Å². The zero-order valence-electron chi connectivity index (χ0n) is 16.5. The Morgan fingerprint density at radius 2 is 1.85 bits per heavy atom. The minimum absolute atomic E-state index is 0.0574. The van der Waals surface area contributed by atoms with Crippen LogP contribution < -0.4 is 4.90 Å². The van der Waals surface area contributed by atoms with Crippen molar-refractivity contribution in [2.45, 2.75) is 33.3 Å². The fourth-order valence-corrected chi connectivity index (χ4v) is 3.57. The third kappa shape index (κ3) is 4.96. The number of carbonyl (C=O) groups is 2. The molecular formula is C19H27N3O5. The second-order valence-corrected chi connectivity index (χ2v) is 7.59. The van der Waals surface area contributed by atoms with Crippen LogP contribution in [0.5, 0.6) is 0 Å². The van der Waals surface area contributed by atoms with Crippen LogP contribution in [0.2, 0.25) is 0 Å².